The number of carbonyl (C=O) groups is 2. The molecule has 0 fully saturated rings. The Bertz CT molecular complexity index is 552. The number of aliphatic carboxylic acids is 1. The molecule has 3 N–H and O–H groups in total. The van der Waals surface area contributed by atoms with Crippen molar-refractivity contribution in [2.24, 2.45) is 5.92 Å². The van der Waals surface area contributed by atoms with E-state index in [0.717, 1.165) is 6.07 Å². The van der Waals surface area contributed by atoms with E-state index < -0.39 is 29.7 Å². The predicted octanol–water partition coefficient (Wildman–Crippen LogP) is 3.35. The van der Waals surface area contributed by atoms with Gasteiger partial charge in [-0.15, -0.1) is 0 Å². The Balaban J connectivity index is 2.77. The van der Waals surface area contributed by atoms with E-state index in [-0.39, 0.29) is 22.5 Å². The van der Waals surface area contributed by atoms with Gasteiger partial charge in [0.25, 0.3) is 0 Å². The Morgan fingerprint density at radius 1 is 1.29 bits per heavy atom. The Kier molecular flexibility index (Phi) is 6.07. The highest BCUT2D eigenvalue weighted by Gasteiger charge is 2.21. The number of anilines is 1. The van der Waals surface area contributed by atoms with Crippen LogP contribution >= 0.6 is 15.9 Å². The normalized spacial score (nSPS) is 12.1. The van der Waals surface area contributed by atoms with Gasteiger partial charge in [0, 0.05) is 6.07 Å². The van der Waals surface area contributed by atoms with Crippen LogP contribution in [0, 0.1) is 17.6 Å². The van der Waals surface area contributed by atoms with Crippen LogP contribution in [0.15, 0.2) is 16.6 Å². The molecular formula is C13H15BrF2N2O3. The van der Waals surface area contributed by atoms with E-state index in [0.29, 0.717) is 6.07 Å². The quantitative estimate of drug-likeness (QED) is 0.701. The number of carboxylic acids is 1. The summed E-state index contributed by atoms with van der Waals surface area (Å²) in [5.41, 5.74) is -0.255. The molecule has 0 heterocycles. The second-order valence-corrected chi connectivity index (χ2v) is 5.72. The average Bonchev–Trinajstić information content (AvgIpc) is 2.34. The standard InChI is InChI=1S/C13H15BrF2N2O3/c1-6(2)3-11(12(19)20)18-13(21)17-10-4-7(14)8(15)5-9(10)16/h4-6,11H,3H2,1-2H3,(H,19,20)(H2,17,18,21). The Morgan fingerprint density at radius 2 is 1.90 bits per heavy atom. The van der Waals surface area contributed by atoms with Gasteiger partial charge in [0.15, 0.2) is 0 Å². The number of urea groups is 1. The number of halogens is 3. The monoisotopic (exact) mass is 364 g/mol. The number of amides is 2. The highest BCUT2D eigenvalue weighted by atomic mass is 79.9. The summed E-state index contributed by atoms with van der Waals surface area (Å²) in [5.74, 6) is -2.88. The van der Waals surface area contributed by atoms with E-state index in [1.807, 2.05) is 13.8 Å². The van der Waals surface area contributed by atoms with Crippen molar-refractivity contribution in [3.05, 3.63) is 28.2 Å². The minimum absolute atomic E-state index is 0.0174. The molecule has 0 bridgehead atoms. The van der Waals surface area contributed by atoms with Crippen LogP contribution in [0.4, 0.5) is 19.3 Å². The van der Waals surface area contributed by atoms with Crippen molar-refractivity contribution in [3.8, 4) is 0 Å². The van der Waals surface area contributed by atoms with E-state index in [2.05, 4.69) is 26.6 Å². The molecule has 0 spiro atoms. The molecule has 0 aliphatic carbocycles. The number of rotatable bonds is 5. The van der Waals surface area contributed by atoms with Gasteiger partial charge in [-0.3, -0.25) is 0 Å². The largest absolute Gasteiger partial charge is 0.480 e. The first-order valence-electron chi connectivity index (χ1n) is 6.15. The Labute approximate surface area is 128 Å². The molecule has 5 nitrogen and oxygen atoms in total. The van der Waals surface area contributed by atoms with Crippen LogP contribution in [-0.2, 0) is 4.79 Å². The predicted molar refractivity (Wildman–Crippen MR) is 77.1 cm³/mol. The van der Waals surface area contributed by atoms with Crippen molar-refractivity contribution < 1.29 is 23.5 Å². The number of benzene rings is 1. The zero-order valence-electron chi connectivity index (χ0n) is 11.4. The van der Waals surface area contributed by atoms with Crippen molar-refractivity contribution in [3.63, 3.8) is 0 Å². The van der Waals surface area contributed by atoms with Crippen LogP contribution in [-0.4, -0.2) is 23.1 Å². The van der Waals surface area contributed by atoms with Crippen molar-refractivity contribution >= 4 is 33.6 Å². The molecule has 1 aromatic rings. The van der Waals surface area contributed by atoms with E-state index in [1.54, 1.807) is 0 Å². The molecule has 0 radical (unpaired) electrons. The highest BCUT2D eigenvalue weighted by Crippen LogP contribution is 2.23. The van der Waals surface area contributed by atoms with Gasteiger partial charge in [0.1, 0.15) is 17.7 Å². The van der Waals surface area contributed by atoms with E-state index in [9.17, 15) is 18.4 Å². The lowest BCUT2D eigenvalue weighted by atomic mass is 10.0. The maximum absolute atomic E-state index is 13.5. The summed E-state index contributed by atoms with van der Waals surface area (Å²) in [5, 5.41) is 13.4. The summed E-state index contributed by atoms with van der Waals surface area (Å²) in [6.45, 7) is 3.62. The SMILES string of the molecule is CC(C)CC(NC(=O)Nc1cc(Br)c(F)cc1F)C(=O)O. The van der Waals surface area contributed by atoms with E-state index in [1.165, 1.54) is 0 Å². The molecule has 1 rings (SSSR count). The van der Waals surface area contributed by atoms with Gasteiger partial charge in [-0.05, 0) is 34.3 Å². The first-order chi connectivity index (χ1) is 9.70. The molecule has 1 aromatic carbocycles. The fraction of sp³-hybridized carbons (Fsp3) is 0.385. The molecule has 0 saturated heterocycles. The molecule has 0 aromatic heterocycles. The first-order valence-corrected chi connectivity index (χ1v) is 6.95. The second-order valence-electron chi connectivity index (χ2n) is 4.86. The minimum atomic E-state index is -1.18. The average molecular weight is 365 g/mol. The maximum atomic E-state index is 13.5. The van der Waals surface area contributed by atoms with E-state index in [4.69, 9.17) is 5.11 Å². The molecule has 1 unspecified atom stereocenters. The lowest BCUT2D eigenvalue weighted by Crippen LogP contribution is -2.43. The molecule has 0 aliphatic heterocycles. The van der Waals surface area contributed by atoms with Crippen LogP contribution in [0.3, 0.4) is 0 Å². The third kappa shape index (κ3) is 5.30. The van der Waals surface area contributed by atoms with Crippen molar-refractivity contribution in [2.75, 3.05) is 5.32 Å². The van der Waals surface area contributed by atoms with Crippen LogP contribution in [0.2, 0.25) is 0 Å². The molecule has 0 aliphatic rings. The van der Waals surface area contributed by atoms with Crippen molar-refractivity contribution in [1.82, 2.24) is 5.32 Å². The number of hydrogen-bond donors (Lipinski definition) is 3. The summed E-state index contributed by atoms with van der Waals surface area (Å²) in [6.07, 6.45) is 0.234. The van der Waals surface area contributed by atoms with Crippen molar-refractivity contribution in [1.29, 1.82) is 0 Å². The van der Waals surface area contributed by atoms with Gasteiger partial charge >= 0.3 is 12.0 Å². The third-order valence-corrected chi connectivity index (χ3v) is 3.18. The fourth-order valence-electron chi connectivity index (χ4n) is 1.63. The van der Waals surface area contributed by atoms with Crippen LogP contribution in [0.1, 0.15) is 20.3 Å². The third-order valence-electron chi connectivity index (χ3n) is 2.57. The fourth-order valence-corrected chi connectivity index (χ4v) is 1.97. The molecule has 21 heavy (non-hydrogen) atoms. The molecule has 8 heteroatoms. The number of carbonyl (C=O) groups excluding carboxylic acids is 1. The molecule has 1 atom stereocenters. The second kappa shape index (κ2) is 7.35. The van der Waals surface area contributed by atoms with E-state index >= 15 is 0 Å². The van der Waals surface area contributed by atoms with Gasteiger partial charge in [-0.1, -0.05) is 13.8 Å². The smallest absolute Gasteiger partial charge is 0.326 e. The van der Waals surface area contributed by atoms with Gasteiger partial charge < -0.3 is 15.7 Å². The lowest BCUT2D eigenvalue weighted by molar-refractivity contribution is -0.139. The summed E-state index contributed by atoms with van der Waals surface area (Å²) in [7, 11) is 0. The van der Waals surface area contributed by atoms with Gasteiger partial charge in [-0.25, -0.2) is 18.4 Å². The van der Waals surface area contributed by atoms with Crippen LogP contribution in [0.5, 0.6) is 0 Å². The molecule has 116 valence electrons. The molecule has 0 saturated carbocycles. The van der Waals surface area contributed by atoms with Crippen molar-refractivity contribution in [2.45, 2.75) is 26.3 Å². The summed E-state index contributed by atoms with van der Waals surface area (Å²) >= 11 is 2.87. The zero-order valence-corrected chi connectivity index (χ0v) is 13.0. The number of carboxylic acid groups (broad SMARTS) is 1. The summed E-state index contributed by atoms with van der Waals surface area (Å²) in [4.78, 5) is 22.7. The lowest BCUT2D eigenvalue weighted by Gasteiger charge is -2.17. The maximum Gasteiger partial charge on any atom is 0.326 e. The van der Waals surface area contributed by atoms with Gasteiger partial charge in [-0.2, -0.15) is 0 Å². The van der Waals surface area contributed by atoms with Crippen LogP contribution < -0.4 is 10.6 Å². The Hall–Kier alpha value is -1.70. The topological polar surface area (TPSA) is 78.4 Å². The minimum Gasteiger partial charge on any atom is -0.480 e. The first kappa shape index (κ1) is 17.4. The molecule has 2 amide bonds. The number of nitrogens with one attached hydrogen (secondary N) is 2. The molecular weight excluding hydrogens is 350 g/mol. The highest BCUT2D eigenvalue weighted by molar-refractivity contribution is 9.10. The van der Waals surface area contributed by atoms with Gasteiger partial charge in [0.2, 0.25) is 0 Å². The summed E-state index contributed by atoms with van der Waals surface area (Å²) in [6, 6.07) is -0.289. The zero-order chi connectivity index (χ0) is 16.2. The number of hydrogen-bond acceptors (Lipinski definition) is 2. The van der Waals surface area contributed by atoms with Crippen LogP contribution in [0.25, 0.3) is 0 Å². The summed E-state index contributed by atoms with van der Waals surface area (Å²) < 4.78 is 26.5. The van der Waals surface area contributed by atoms with Gasteiger partial charge in [0.05, 0.1) is 10.2 Å². The Morgan fingerprint density at radius 3 is 2.43 bits per heavy atom.